The monoisotopic (exact) mass is 358 g/mol. The second-order valence-electron chi connectivity index (χ2n) is 7.40. The largest absolute Gasteiger partial charge is 0.383 e. The highest BCUT2D eigenvalue weighted by Gasteiger charge is 2.20. The molecule has 0 bridgehead atoms. The topological polar surface area (TPSA) is 46.2 Å². The molecule has 1 radical (unpaired) electrons. The van der Waals surface area contributed by atoms with E-state index in [1.807, 2.05) is 12.1 Å². The van der Waals surface area contributed by atoms with Crippen molar-refractivity contribution in [2.45, 2.75) is 74.5 Å². The molecule has 1 saturated carbocycles. The summed E-state index contributed by atoms with van der Waals surface area (Å²) in [4.78, 5) is 0.404. The molecule has 0 aliphatic heterocycles. The van der Waals surface area contributed by atoms with Crippen molar-refractivity contribution in [3.63, 3.8) is 0 Å². The summed E-state index contributed by atoms with van der Waals surface area (Å²) in [6.07, 6.45) is 15.2. The molecule has 1 aromatic rings. The maximum atomic E-state index is 12.2. The molecule has 1 atom stereocenters. The van der Waals surface area contributed by atoms with Crippen LogP contribution in [-0.2, 0) is 9.84 Å². The van der Waals surface area contributed by atoms with Gasteiger partial charge in [0.05, 0.1) is 10.1 Å². The van der Waals surface area contributed by atoms with Crippen LogP contribution < -0.4 is 5.32 Å². The van der Waals surface area contributed by atoms with Crippen LogP contribution in [0.15, 0.2) is 47.0 Å². The van der Waals surface area contributed by atoms with E-state index in [1.165, 1.54) is 37.8 Å². The molecule has 1 unspecified atom stereocenters. The molecule has 2 aliphatic carbocycles. The van der Waals surface area contributed by atoms with Gasteiger partial charge in [-0.1, -0.05) is 37.5 Å². The van der Waals surface area contributed by atoms with E-state index in [0.29, 0.717) is 10.9 Å². The molecule has 1 aromatic carbocycles. The summed E-state index contributed by atoms with van der Waals surface area (Å²) in [5.74, 6) is 0.202. The molecule has 0 aromatic heterocycles. The van der Waals surface area contributed by atoms with Gasteiger partial charge in [0.1, 0.15) is 0 Å². The molecule has 0 amide bonds. The standard InChI is InChI=1S/C21H28NO2S/c1-16(2)25(23,24)21-14-10-18(11-15-21)17-8-12-20(13-9-17)22-19-6-4-3-5-7-19/h10-17,19,22H,3-8H2,1-2H3. The first-order valence-electron chi connectivity index (χ1n) is 9.36. The predicted octanol–water partition coefficient (Wildman–Crippen LogP) is 4.52. The minimum atomic E-state index is -3.20. The summed E-state index contributed by atoms with van der Waals surface area (Å²) in [5, 5.41) is 3.24. The smallest absolute Gasteiger partial charge is 0.180 e. The van der Waals surface area contributed by atoms with Crippen molar-refractivity contribution in [2.24, 2.45) is 0 Å². The quantitative estimate of drug-likeness (QED) is 0.842. The molecule has 4 heteroatoms. The van der Waals surface area contributed by atoms with Crippen molar-refractivity contribution in [1.82, 2.24) is 5.32 Å². The molecule has 2 aliphatic rings. The fourth-order valence-corrected chi connectivity index (χ4v) is 4.60. The number of sulfone groups is 1. The maximum Gasteiger partial charge on any atom is 0.180 e. The van der Waals surface area contributed by atoms with Crippen molar-refractivity contribution in [1.29, 1.82) is 0 Å². The second kappa shape index (κ2) is 7.77. The highest BCUT2D eigenvalue weighted by molar-refractivity contribution is 7.92. The van der Waals surface area contributed by atoms with Gasteiger partial charge in [-0.15, -0.1) is 0 Å². The molecular weight excluding hydrogens is 330 g/mol. The van der Waals surface area contributed by atoms with E-state index in [1.54, 1.807) is 26.0 Å². The number of hydrogen-bond acceptors (Lipinski definition) is 3. The number of rotatable bonds is 5. The molecule has 3 nitrogen and oxygen atoms in total. The van der Waals surface area contributed by atoms with Crippen LogP contribution in [0.25, 0.3) is 0 Å². The van der Waals surface area contributed by atoms with Gasteiger partial charge in [-0.2, -0.15) is 0 Å². The van der Waals surface area contributed by atoms with E-state index in [2.05, 4.69) is 23.5 Å². The first-order chi connectivity index (χ1) is 12.0. The Labute approximate surface area is 152 Å². The summed E-state index contributed by atoms with van der Waals surface area (Å²) >= 11 is 0. The Bertz CT molecular complexity index is 739. The Morgan fingerprint density at radius 3 is 2.32 bits per heavy atom. The van der Waals surface area contributed by atoms with E-state index in [-0.39, 0.29) is 5.92 Å². The molecule has 0 spiro atoms. The Balaban J connectivity index is 1.62. The maximum absolute atomic E-state index is 12.2. The molecule has 0 saturated heterocycles. The van der Waals surface area contributed by atoms with Gasteiger partial charge in [0.25, 0.3) is 0 Å². The zero-order valence-corrected chi connectivity index (χ0v) is 16.0. The second-order valence-corrected chi connectivity index (χ2v) is 9.91. The summed E-state index contributed by atoms with van der Waals surface area (Å²) in [7, 11) is -3.20. The van der Waals surface area contributed by atoms with Gasteiger partial charge >= 0.3 is 0 Å². The molecule has 135 valence electrons. The summed E-state index contributed by atoms with van der Waals surface area (Å²) in [6.45, 7) is 3.43. The lowest BCUT2D eigenvalue weighted by Crippen LogP contribution is -2.30. The fourth-order valence-electron chi connectivity index (χ4n) is 3.54. The van der Waals surface area contributed by atoms with Gasteiger partial charge in [-0.25, -0.2) is 8.42 Å². The van der Waals surface area contributed by atoms with Gasteiger partial charge in [0, 0.05) is 17.7 Å². The van der Waals surface area contributed by atoms with Crippen LogP contribution in [0.4, 0.5) is 0 Å². The van der Waals surface area contributed by atoms with Crippen LogP contribution in [0, 0.1) is 6.08 Å². The van der Waals surface area contributed by atoms with Gasteiger partial charge in [0.2, 0.25) is 0 Å². The van der Waals surface area contributed by atoms with E-state index in [4.69, 9.17) is 0 Å². The van der Waals surface area contributed by atoms with Crippen molar-refractivity contribution < 1.29 is 8.42 Å². The van der Waals surface area contributed by atoms with E-state index >= 15 is 0 Å². The fraction of sp³-hybridized carbons (Fsp3) is 0.524. The normalized spacial score (nSPS) is 22.0. The number of benzene rings is 1. The van der Waals surface area contributed by atoms with E-state index < -0.39 is 15.1 Å². The third kappa shape index (κ3) is 4.35. The van der Waals surface area contributed by atoms with Crippen LogP contribution in [0.1, 0.15) is 63.9 Å². The van der Waals surface area contributed by atoms with Crippen LogP contribution in [-0.4, -0.2) is 19.7 Å². The SMILES string of the molecule is CC(C)S(=O)(=O)c1ccc(C2[C]=CC(NC3CCCCC3)=CC2)cc1. The van der Waals surface area contributed by atoms with Crippen LogP contribution in [0.5, 0.6) is 0 Å². The lowest BCUT2D eigenvalue weighted by molar-refractivity contribution is 0.398. The predicted molar refractivity (Wildman–Crippen MR) is 102 cm³/mol. The summed E-state index contributed by atoms with van der Waals surface area (Å²) in [6, 6.07) is 7.91. The zero-order chi connectivity index (χ0) is 17.9. The first-order valence-corrected chi connectivity index (χ1v) is 10.9. The van der Waals surface area contributed by atoms with Gasteiger partial charge in [0.15, 0.2) is 9.84 Å². The van der Waals surface area contributed by atoms with Crippen molar-refractivity contribution in [2.75, 3.05) is 0 Å². The minimum Gasteiger partial charge on any atom is -0.383 e. The highest BCUT2D eigenvalue weighted by Crippen LogP contribution is 2.28. The molecule has 0 heterocycles. The number of nitrogens with one attached hydrogen (secondary N) is 1. The van der Waals surface area contributed by atoms with E-state index in [0.717, 1.165) is 12.0 Å². The lowest BCUT2D eigenvalue weighted by Gasteiger charge is -2.26. The average Bonchev–Trinajstić information content (AvgIpc) is 2.63. The summed E-state index contributed by atoms with van der Waals surface area (Å²) in [5.41, 5.74) is 2.30. The zero-order valence-electron chi connectivity index (χ0n) is 15.2. The lowest BCUT2D eigenvalue weighted by atomic mass is 9.91. The number of allylic oxidation sites excluding steroid dienone is 3. The van der Waals surface area contributed by atoms with Gasteiger partial charge in [-0.3, -0.25) is 0 Å². The Morgan fingerprint density at radius 2 is 1.76 bits per heavy atom. The first kappa shape index (κ1) is 18.2. The van der Waals surface area contributed by atoms with Crippen molar-refractivity contribution in [3.8, 4) is 0 Å². The third-order valence-corrected chi connectivity index (χ3v) is 7.39. The molecular formula is C21H28NO2S. The van der Waals surface area contributed by atoms with Gasteiger partial charge in [-0.05, 0) is 63.0 Å². The third-order valence-electron chi connectivity index (χ3n) is 5.22. The Morgan fingerprint density at radius 1 is 1.08 bits per heavy atom. The van der Waals surface area contributed by atoms with Crippen LogP contribution >= 0.6 is 0 Å². The van der Waals surface area contributed by atoms with Crippen molar-refractivity contribution in [3.05, 3.63) is 53.8 Å². The van der Waals surface area contributed by atoms with Crippen LogP contribution in [0.3, 0.4) is 0 Å². The summed E-state index contributed by atoms with van der Waals surface area (Å²) < 4.78 is 24.4. The minimum absolute atomic E-state index is 0.202. The average molecular weight is 359 g/mol. The van der Waals surface area contributed by atoms with E-state index in [9.17, 15) is 8.42 Å². The molecule has 25 heavy (non-hydrogen) atoms. The molecule has 1 fully saturated rings. The van der Waals surface area contributed by atoms with Gasteiger partial charge < -0.3 is 5.32 Å². The van der Waals surface area contributed by atoms with Crippen molar-refractivity contribution >= 4 is 9.84 Å². The van der Waals surface area contributed by atoms with Crippen LogP contribution in [0.2, 0.25) is 0 Å². The molecule has 3 rings (SSSR count). The highest BCUT2D eigenvalue weighted by atomic mass is 32.2. The molecule has 1 N–H and O–H groups in total. The Kier molecular flexibility index (Phi) is 5.67. The Hall–Kier alpha value is -1.55. The number of hydrogen-bond donors (Lipinski definition) is 1.